The van der Waals surface area contributed by atoms with Crippen molar-refractivity contribution >= 4 is 11.9 Å². The Morgan fingerprint density at radius 2 is 1.74 bits per heavy atom. The van der Waals surface area contributed by atoms with Gasteiger partial charge in [-0.15, -0.1) is 0 Å². The van der Waals surface area contributed by atoms with Gasteiger partial charge in [-0.2, -0.15) is 0 Å². The topological polar surface area (TPSA) is 60.4 Å². The van der Waals surface area contributed by atoms with E-state index in [-0.39, 0.29) is 42.5 Å². The number of alkyl halides is 1. The Kier molecular flexibility index (Phi) is 14.4. The Labute approximate surface area is 137 Å². The van der Waals surface area contributed by atoms with E-state index in [1.807, 2.05) is 0 Å². The van der Waals surface area contributed by atoms with Crippen LogP contribution in [-0.2, 0) is 9.59 Å². The molecule has 1 unspecified atom stereocenters. The molecule has 106 valence electrons. The molecule has 0 aromatic heterocycles. The molecule has 19 heavy (non-hydrogen) atoms. The number of hydrogen-bond donors (Lipinski definition) is 0. The van der Waals surface area contributed by atoms with Crippen LogP contribution in [0.5, 0.6) is 0 Å². The van der Waals surface area contributed by atoms with Gasteiger partial charge in [-0.1, -0.05) is 39.0 Å². The fraction of sp³-hybridized carbons (Fsp3) is 0.846. The number of aliphatic carboxylic acids is 1. The van der Waals surface area contributed by atoms with E-state index < -0.39 is 24.6 Å². The summed E-state index contributed by atoms with van der Waals surface area (Å²) < 4.78 is 13.6. The van der Waals surface area contributed by atoms with E-state index in [9.17, 15) is 19.1 Å². The van der Waals surface area contributed by atoms with Gasteiger partial charge in [0, 0.05) is 6.54 Å². The SMILES string of the molecule is CCCCCCCC(F)C(=O)N(CC)CC(=O)[O-].[Na+]. The van der Waals surface area contributed by atoms with Crippen LogP contribution in [0.4, 0.5) is 4.39 Å². The van der Waals surface area contributed by atoms with Gasteiger partial charge in [0.1, 0.15) is 0 Å². The molecule has 0 N–H and O–H groups in total. The van der Waals surface area contributed by atoms with Gasteiger partial charge >= 0.3 is 29.6 Å². The molecule has 0 saturated carbocycles. The van der Waals surface area contributed by atoms with Crippen LogP contribution in [0.25, 0.3) is 0 Å². The van der Waals surface area contributed by atoms with E-state index in [0.717, 1.165) is 30.6 Å². The van der Waals surface area contributed by atoms with E-state index in [0.29, 0.717) is 6.42 Å². The average molecular weight is 283 g/mol. The molecule has 0 saturated heterocycles. The molecule has 0 radical (unpaired) electrons. The summed E-state index contributed by atoms with van der Waals surface area (Å²) in [6.45, 7) is 3.37. The number of carbonyl (C=O) groups excluding carboxylic acids is 2. The largest absolute Gasteiger partial charge is 1.00 e. The Morgan fingerprint density at radius 3 is 2.21 bits per heavy atom. The van der Waals surface area contributed by atoms with Crippen LogP contribution in [0.15, 0.2) is 0 Å². The number of amides is 1. The van der Waals surface area contributed by atoms with Gasteiger partial charge < -0.3 is 14.8 Å². The Bertz CT molecular complexity index is 264. The molecule has 6 heteroatoms. The third-order valence-electron chi connectivity index (χ3n) is 2.84. The third-order valence-corrected chi connectivity index (χ3v) is 2.84. The fourth-order valence-corrected chi connectivity index (χ4v) is 1.75. The molecule has 0 aromatic carbocycles. The number of unbranched alkanes of at least 4 members (excludes halogenated alkanes) is 4. The summed E-state index contributed by atoms with van der Waals surface area (Å²) >= 11 is 0. The minimum absolute atomic E-state index is 0. The first kappa shape index (κ1) is 21.2. The van der Waals surface area contributed by atoms with Crippen molar-refractivity contribution in [2.45, 2.75) is 58.5 Å². The number of carboxylic acid groups (broad SMARTS) is 1. The van der Waals surface area contributed by atoms with Crippen LogP contribution in [0, 0.1) is 0 Å². The molecule has 0 aliphatic heterocycles. The summed E-state index contributed by atoms with van der Waals surface area (Å²) in [5.74, 6) is -2.10. The predicted octanol–water partition coefficient (Wildman–Crippen LogP) is -1.71. The number of nitrogens with zero attached hydrogens (tertiary/aromatic N) is 1. The predicted molar refractivity (Wildman–Crippen MR) is 65.5 cm³/mol. The summed E-state index contributed by atoms with van der Waals surface area (Å²) in [5.41, 5.74) is 0. The van der Waals surface area contributed by atoms with E-state index in [1.165, 1.54) is 0 Å². The molecule has 0 spiro atoms. The van der Waals surface area contributed by atoms with Crippen LogP contribution >= 0.6 is 0 Å². The summed E-state index contributed by atoms with van der Waals surface area (Å²) in [4.78, 5) is 23.0. The smallest absolute Gasteiger partial charge is 0.548 e. The van der Waals surface area contributed by atoms with Crippen molar-refractivity contribution in [1.29, 1.82) is 0 Å². The van der Waals surface area contributed by atoms with Gasteiger partial charge in [0.15, 0.2) is 6.17 Å². The Hall–Kier alpha value is -0.130. The third kappa shape index (κ3) is 10.3. The molecule has 0 fully saturated rings. The zero-order valence-corrected chi connectivity index (χ0v) is 14.3. The van der Waals surface area contributed by atoms with Crippen molar-refractivity contribution in [3.8, 4) is 0 Å². The maximum atomic E-state index is 13.6. The number of carbonyl (C=O) groups is 2. The summed E-state index contributed by atoms with van der Waals surface area (Å²) in [6.07, 6.45) is 3.44. The normalized spacial score (nSPS) is 11.5. The maximum absolute atomic E-state index is 13.6. The van der Waals surface area contributed by atoms with Gasteiger partial charge in [-0.05, 0) is 13.3 Å². The van der Waals surface area contributed by atoms with Crippen LogP contribution in [0.2, 0.25) is 0 Å². The van der Waals surface area contributed by atoms with Crippen LogP contribution < -0.4 is 34.7 Å². The number of likely N-dealkylation sites (N-methyl/N-ethyl adjacent to an activating group) is 1. The standard InChI is InChI=1S/C13H24FNO3.Na/c1-3-5-6-7-8-9-11(14)13(18)15(4-2)10-12(16)17;/h11H,3-10H2,1-2H3,(H,16,17);/q;+1/p-1. The molecule has 0 heterocycles. The second kappa shape index (κ2) is 12.9. The van der Waals surface area contributed by atoms with Crippen LogP contribution in [0.1, 0.15) is 52.4 Å². The van der Waals surface area contributed by atoms with Crippen molar-refractivity contribution in [3.05, 3.63) is 0 Å². The van der Waals surface area contributed by atoms with E-state index in [2.05, 4.69) is 6.92 Å². The second-order valence-electron chi connectivity index (χ2n) is 4.39. The van der Waals surface area contributed by atoms with Gasteiger partial charge in [0.05, 0.1) is 12.5 Å². The van der Waals surface area contributed by atoms with Crippen molar-refractivity contribution < 1.29 is 48.6 Å². The first-order valence-electron chi connectivity index (χ1n) is 6.65. The molecule has 0 aliphatic carbocycles. The molecule has 0 aromatic rings. The van der Waals surface area contributed by atoms with Gasteiger partial charge in [0.2, 0.25) is 0 Å². The minimum atomic E-state index is -1.59. The van der Waals surface area contributed by atoms with E-state index in [4.69, 9.17) is 0 Å². The summed E-state index contributed by atoms with van der Waals surface area (Å²) in [7, 11) is 0. The van der Waals surface area contributed by atoms with Crippen molar-refractivity contribution in [3.63, 3.8) is 0 Å². The van der Waals surface area contributed by atoms with Gasteiger partial charge in [0.25, 0.3) is 5.91 Å². The zero-order chi connectivity index (χ0) is 14.0. The minimum Gasteiger partial charge on any atom is -0.548 e. The van der Waals surface area contributed by atoms with Crippen molar-refractivity contribution in [1.82, 2.24) is 4.90 Å². The molecule has 0 rings (SSSR count). The van der Waals surface area contributed by atoms with E-state index >= 15 is 0 Å². The molecule has 0 bridgehead atoms. The number of hydrogen-bond acceptors (Lipinski definition) is 3. The monoisotopic (exact) mass is 283 g/mol. The molecular formula is C13H23FNNaO3. The maximum Gasteiger partial charge on any atom is 1.00 e. The van der Waals surface area contributed by atoms with Crippen molar-refractivity contribution in [2.75, 3.05) is 13.1 Å². The quantitative estimate of drug-likeness (QED) is 0.354. The summed E-state index contributed by atoms with van der Waals surface area (Å²) in [6, 6.07) is 0. The molecule has 1 atom stereocenters. The van der Waals surface area contributed by atoms with Gasteiger partial charge in [-0.3, -0.25) is 4.79 Å². The van der Waals surface area contributed by atoms with Crippen molar-refractivity contribution in [2.24, 2.45) is 0 Å². The average Bonchev–Trinajstić information content (AvgIpc) is 2.34. The Balaban J connectivity index is 0. The second-order valence-corrected chi connectivity index (χ2v) is 4.39. The molecule has 0 aliphatic rings. The zero-order valence-electron chi connectivity index (χ0n) is 12.3. The molecular weight excluding hydrogens is 260 g/mol. The van der Waals surface area contributed by atoms with E-state index in [1.54, 1.807) is 6.92 Å². The first-order valence-corrected chi connectivity index (χ1v) is 6.65. The number of rotatable bonds is 10. The van der Waals surface area contributed by atoms with Crippen LogP contribution in [0.3, 0.4) is 0 Å². The summed E-state index contributed by atoms with van der Waals surface area (Å²) in [5, 5.41) is 10.4. The molecule has 4 nitrogen and oxygen atoms in total. The Morgan fingerprint density at radius 1 is 1.16 bits per heavy atom. The number of carboxylic acids is 1. The first-order chi connectivity index (χ1) is 8.52. The molecule has 1 amide bonds. The van der Waals surface area contributed by atoms with Crippen LogP contribution in [-0.4, -0.2) is 36.0 Å². The number of halogens is 1. The fourth-order valence-electron chi connectivity index (χ4n) is 1.75. The van der Waals surface area contributed by atoms with Gasteiger partial charge in [-0.25, -0.2) is 4.39 Å².